The Bertz CT molecular complexity index is 712. The third-order valence-corrected chi connectivity index (χ3v) is 7.11. The second kappa shape index (κ2) is 7.61. The SMILES string of the molecule is COCC1CN(C2CCC2)CC12CCN(C(=O)c1ccc(C#N)cc1)CC2. The first-order chi connectivity index (χ1) is 13.1. The number of carbonyl (C=O) groups excluding carboxylic acids is 1. The molecule has 3 fully saturated rings. The zero-order valence-corrected chi connectivity index (χ0v) is 16.2. The molecule has 1 saturated carbocycles. The van der Waals surface area contributed by atoms with E-state index in [9.17, 15) is 4.79 Å². The summed E-state index contributed by atoms with van der Waals surface area (Å²) >= 11 is 0. The maximum atomic E-state index is 12.8. The molecule has 1 aliphatic carbocycles. The van der Waals surface area contributed by atoms with Crippen LogP contribution in [0.4, 0.5) is 0 Å². The van der Waals surface area contributed by atoms with Crippen molar-refractivity contribution < 1.29 is 9.53 Å². The predicted octanol–water partition coefficient (Wildman–Crippen LogP) is 2.91. The second-order valence-electron chi connectivity index (χ2n) is 8.51. The fourth-order valence-corrected chi connectivity index (χ4v) is 5.13. The van der Waals surface area contributed by atoms with E-state index in [-0.39, 0.29) is 5.91 Å². The van der Waals surface area contributed by atoms with Crippen molar-refractivity contribution in [3.8, 4) is 6.07 Å². The van der Waals surface area contributed by atoms with Crippen molar-refractivity contribution in [1.82, 2.24) is 9.80 Å². The topological polar surface area (TPSA) is 56.6 Å². The summed E-state index contributed by atoms with van der Waals surface area (Å²) in [5.74, 6) is 0.668. The van der Waals surface area contributed by atoms with Crippen LogP contribution in [0.15, 0.2) is 24.3 Å². The summed E-state index contributed by atoms with van der Waals surface area (Å²) in [4.78, 5) is 17.5. The van der Waals surface area contributed by atoms with Gasteiger partial charge >= 0.3 is 0 Å². The fourth-order valence-electron chi connectivity index (χ4n) is 5.13. The van der Waals surface area contributed by atoms with Gasteiger partial charge in [-0.05, 0) is 55.4 Å². The van der Waals surface area contributed by atoms with Crippen molar-refractivity contribution in [1.29, 1.82) is 5.26 Å². The first-order valence-electron chi connectivity index (χ1n) is 10.2. The van der Waals surface area contributed by atoms with Gasteiger partial charge in [-0.1, -0.05) is 6.42 Å². The molecule has 0 radical (unpaired) electrons. The first-order valence-corrected chi connectivity index (χ1v) is 10.2. The van der Waals surface area contributed by atoms with Crippen molar-refractivity contribution in [2.24, 2.45) is 11.3 Å². The van der Waals surface area contributed by atoms with E-state index in [0.29, 0.717) is 22.5 Å². The van der Waals surface area contributed by atoms with Gasteiger partial charge in [0.2, 0.25) is 0 Å². The zero-order chi connectivity index (χ0) is 18.9. The highest BCUT2D eigenvalue weighted by atomic mass is 16.5. The smallest absolute Gasteiger partial charge is 0.253 e. The van der Waals surface area contributed by atoms with Crippen LogP contribution in [0.25, 0.3) is 0 Å². The van der Waals surface area contributed by atoms with Crippen molar-refractivity contribution in [2.75, 3.05) is 39.9 Å². The van der Waals surface area contributed by atoms with E-state index in [4.69, 9.17) is 10.00 Å². The van der Waals surface area contributed by atoms with E-state index >= 15 is 0 Å². The number of carbonyl (C=O) groups is 1. The van der Waals surface area contributed by atoms with Crippen molar-refractivity contribution in [2.45, 2.75) is 38.1 Å². The van der Waals surface area contributed by atoms with Gasteiger partial charge in [0.15, 0.2) is 0 Å². The van der Waals surface area contributed by atoms with Crippen LogP contribution in [0, 0.1) is 22.7 Å². The molecule has 2 heterocycles. The molecule has 1 spiro atoms. The summed E-state index contributed by atoms with van der Waals surface area (Å²) < 4.78 is 5.56. The Morgan fingerprint density at radius 3 is 2.52 bits per heavy atom. The number of hydrogen-bond acceptors (Lipinski definition) is 4. The first kappa shape index (κ1) is 18.5. The number of rotatable bonds is 4. The van der Waals surface area contributed by atoms with Gasteiger partial charge in [0.1, 0.15) is 0 Å². The molecular weight excluding hydrogens is 338 g/mol. The third kappa shape index (κ3) is 3.49. The van der Waals surface area contributed by atoms with Crippen molar-refractivity contribution in [3.05, 3.63) is 35.4 Å². The minimum Gasteiger partial charge on any atom is -0.384 e. The minimum absolute atomic E-state index is 0.0893. The Balaban J connectivity index is 1.41. The number of benzene rings is 1. The molecule has 1 unspecified atom stereocenters. The number of ether oxygens (including phenoxy) is 1. The second-order valence-corrected chi connectivity index (χ2v) is 8.51. The number of amides is 1. The van der Waals surface area contributed by atoms with Crippen LogP contribution in [-0.2, 0) is 4.74 Å². The summed E-state index contributed by atoms with van der Waals surface area (Å²) in [6.45, 7) is 4.79. The van der Waals surface area contributed by atoms with E-state index in [2.05, 4.69) is 11.0 Å². The molecule has 0 N–H and O–H groups in total. The summed E-state index contributed by atoms with van der Waals surface area (Å²) in [7, 11) is 1.81. The average Bonchev–Trinajstić information content (AvgIpc) is 2.98. The highest BCUT2D eigenvalue weighted by Gasteiger charge is 2.50. The lowest BCUT2D eigenvalue weighted by Crippen LogP contribution is -2.47. The number of likely N-dealkylation sites (tertiary alicyclic amines) is 2. The summed E-state index contributed by atoms with van der Waals surface area (Å²) in [5, 5.41) is 8.93. The molecule has 1 aromatic rings. The molecule has 2 aliphatic heterocycles. The van der Waals surface area contributed by atoms with E-state index in [1.807, 2.05) is 12.0 Å². The maximum absolute atomic E-state index is 12.8. The summed E-state index contributed by atoms with van der Waals surface area (Å²) in [6, 6.07) is 9.87. The molecule has 1 aromatic carbocycles. The molecule has 4 rings (SSSR count). The number of hydrogen-bond donors (Lipinski definition) is 0. The minimum atomic E-state index is 0.0893. The standard InChI is InChI=1S/C22H29N3O2/c1-27-15-19-14-25(20-3-2-4-20)16-22(19)9-11-24(12-10-22)21(26)18-7-5-17(13-23)6-8-18/h5-8,19-20H,2-4,9-12,14-16H2,1H3. The Morgan fingerprint density at radius 2 is 1.96 bits per heavy atom. The molecule has 0 bridgehead atoms. The van der Waals surface area contributed by atoms with Gasteiger partial charge in [0.25, 0.3) is 5.91 Å². The van der Waals surface area contributed by atoms with Crippen LogP contribution in [-0.4, -0.2) is 61.6 Å². The van der Waals surface area contributed by atoms with Crippen LogP contribution in [0.1, 0.15) is 48.0 Å². The van der Waals surface area contributed by atoms with Gasteiger partial charge in [-0.25, -0.2) is 0 Å². The Morgan fingerprint density at radius 1 is 1.26 bits per heavy atom. The van der Waals surface area contributed by atoms with Gasteiger partial charge in [-0.2, -0.15) is 5.26 Å². The van der Waals surface area contributed by atoms with Crippen LogP contribution >= 0.6 is 0 Å². The summed E-state index contributed by atoms with van der Waals surface area (Å²) in [5.41, 5.74) is 1.57. The predicted molar refractivity (Wildman–Crippen MR) is 103 cm³/mol. The number of piperidine rings is 1. The summed E-state index contributed by atoms with van der Waals surface area (Å²) in [6.07, 6.45) is 6.19. The quantitative estimate of drug-likeness (QED) is 0.821. The van der Waals surface area contributed by atoms with Crippen LogP contribution in [0.2, 0.25) is 0 Å². The largest absolute Gasteiger partial charge is 0.384 e. The van der Waals surface area contributed by atoms with Crippen molar-refractivity contribution >= 4 is 5.91 Å². The maximum Gasteiger partial charge on any atom is 0.253 e. The van der Waals surface area contributed by atoms with Crippen molar-refractivity contribution in [3.63, 3.8) is 0 Å². The molecule has 27 heavy (non-hydrogen) atoms. The lowest BCUT2D eigenvalue weighted by Gasteiger charge is -2.43. The average molecular weight is 367 g/mol. The van der Waals surface area contributed by atoms with Crippen LogP contribution in [0.5, 0.6) is 0 Å². The molecule has 5 heteroatoms. The van der Waals surface area contributed by atoms with Crippen LogP contribution < -0.4 is 0 Å². The number of nitriles is 1. The molecule has 144 valence electrons. The third-order valence-electron chi connectivity index (χ3n) is 7.11. The van der Waals surface area contributed by atoms with Gasteiger partial charge < -0.3 is 9.64 Å². The molecule has 1 atom stereocenters. The Labute approximate surface area is 161 Å². The van der Waals surface area contributed by atoms with E-state index < -0.39 is 0 Å². The lowest BCUT2D eigenvalue weighted by atomic mass is 9.71. The highest BCUT2D eigenvalue weighted by molar-refractivity contribution is 5.94. The molecular formula is C22H29N3O2. The zero-order valence-electron chi connectivity index (χ0n) is 16.2. The molecule has 1 amide bonds. The Kier molecular flexibility index (Phi) is 5.21. The van der Waals surface area contributed by atoms with E-state index in [0.717, 1.165) is 45.1 Å². The van der Waals surface area contributed by atoms with Gasteiger partial charge in [-0.15, -0.1) is 0 Å². The molecule has 3 aliphatic rings. The lowest BCUT2D eigenvalue weighted by molar-refractivity contribution is 0.0312. The van der Waals surface area contributed by atoms with Gasteiger partial charge in [-0.3, -0.25) is 9.69 Å². The number of nitrogens with zero attached hydrogens (tertiary/aromatic N) is 3. The van der Waals surface area contributed by atoms with Crippen LogP contribution in [0.3, 0.4) is 0 Å². The van der Waals surface area contributed by atoms with Gasteiger partial charge in [0.05, 0.1) is 18.2 Å². The normalized spacial score (nSPS) is 25.3. The van der Waals surface area contributed by atoms with E-state index in [1.54, 1.807) is 24.3 Å². The monoisotopic (exact) mass is 367 g/mol. The molecule has 5 nitrogen and oxygen atoms in total. The molecule has 0 aromatic heterocycles. The Hall–Kier alpha value is -1.90. The fraction of sp³-hybridized carbons (Fsp3) is 0.636. The highest BCUT2D eigenvalue weighted by Crippen LogP contribution is 2.47. The van der Waals surface area contributed by atoms with E-state index in [1.165, 1.54) is 25.8 Å². The number of methoxy groups -OCH3 is 1. The molecule has 2 saturated heterocycles. The van der Waals surface area contributed by atoms with Gasteiger partial charge in [0, 0.05) is 50.8 Å².